The van der Waals surface area contributed by atoms with E-state index >= 15 is 0 Å². The van der Waals surface area contributed by atoms with Gasteiger partial charge in [-0.25, -0.2) is 0 Å². The molecule has 0 saturated heterocycles. The SMILES string of the molecule is CC(O)C(N)C(=O)O.CC(O)C(N)C(=O)O.CCCCCCCCCCCCCCCCN(CCC)C(CCO)C(=O)O.NC(CO)C(=O)O.NCCCCC(N)C(=O)O.NCCCCC(N)C(=O)O. The molecule has 0 radical (unpaired) electrons. The summed E-state index contributed by atoms with van der Waals surface area (Å²) in [7, 11) is 0. The molecule has 420 valence electrons. The number of rotatable bonds is 37. The lowest BCUT2D eigenvalue weighted by Crippen LogP contribution is -2.42. The van der Waals surface area contributed by atoms with Crippen LogP contribution in [0.3, 0.4) is 0 Å². The molecular formula is C46H100N8O16. The van der Waals surface area contributed by atoms with Gasteiger partial charge in [0.1, 0.15) is 36.3 Å². The van der Waals surface area contributed by atoms with E-state index in [-0.39, 0.29) is 6.61 Å². The van der Waals surface area contributed by atoms with Crippen LogP contribution in [0.1, 0.15) is 169 Å². The minimum absolute atomic E-state index is 0.0596. The molecule has 0 bridgehead atoms. The van der Waals surface area contributed by atoms with Crippen LogP contribution in [0.15, 0.2) is 0 Å². The number of nitrogens with two attached hydrogens (primary N) is 7. The van der Waals surface area contributed by atoms with Crippen LogP contribution in [0.4, 0.5) is 0 Å². The lowest BCUT2D eigenvalue weighted by Gasteiger charge is -2.28. The van der Waals surface area contributed by atoms with E-state index < -0.39 is 90.9 Å². The highest BCUT2D eigenvalue weighted by Gasteiger charge is 2.24. The molecule has 0 fully saturated rings. The van der Waals surface area contributed by atoms with Crippen LogP contribution in [0.25, 0.3) is 0 Å². The number of aliphatic carboxylic acids is 6. The molecule has 8 atom stereocenters. The first-order chi connectivity index (χ1) is 32.8. The van der Waals surface area contributed by atoms with E-state index in [1.54, 1.807) is 0 Å². The second-order valence-electron chi connectivity index (χ2n) is 16.8. The predicted molar refractivity (Wildman–Crippen MR) is 270 cm³/mol. The van der Waals surface area contributed by atoms with Gasteiger partial charge in [-0.1, -0.05) is 110 Å². The Morgan fingerprint density at radius 3 is 0.943 bits per heavy atom. The first-order valence-electron chi connectivity index (χ1n) is 24.7. The van der Waals surface area contributed by atoms with Gasteiger partial charge in [0.2, 0.25) is 0 Å². The Morgan fingerprint density at radius 1 is 0.414 bits per heavy atom. The lowest BCUT2D eigenvalue weighted by molar-refractivity contribution is -0.144. The highest BCUT2D eigenvalue weighted by molar-refractivity contribution is 5.75. The van der Waals surface area contributed by atoms with Gasteiger partial charge in [-0.2, -0.15) is 0 Å². The second-order valence-corrected chi connectivity index (χ2v) is 16.8. The summed E-state index contributed by atoms with van der Waals surface area (Å²) in [6.07, 6.45) is 22.4. The van der Waals surface area contributed by atoms with Gasteiger partial charge in [0.25, 0.3) is 0 Å². The van der Waals surface area contributed by atoms with E-state index in [9.17, 15) is 33.9 Å². The number of hydrogen-bond acceptors (Lipinski definition) is 18. The molecule has 0 aromatic carbocycles. The van der Waals surface area contributed by atoms with Gasteiger partial charge in [0, 0.05) is 6.61 Å². The topological polar surface area (TPSA) is 490 Å². The van der Waals surface area contributed by atoms with Gasteiger partial charge in [-0.3, -0.25) is 33.7 Å². The van der Waals surface area contributed by atoms with Gasteiger partial charge in [-0.15, -0.1) is 0 Å². The van der Waals surface area contributed by atoms with E-state index in [0.29, 0.717) is 32.4 Å². The first kappa shape index (κ1) is 77.8. The summed E-state index contributed by atoms with van der Waals surface area (Å²) in [5.74, 6) is -6.21. The molecule has 0 amide bonds. The van der Waals surface area contributed by atoms with E-state index in [1.807, 2.05) is 4.90 Å². The van der Waals surface area contributed by atoms with E-state index in [0.717, 1.165) is 51.6 Å². The van der Waals surface area contributed by atoms with Crippen molar-refractivity contribution in [1.82, 2.24) is 4.90 Å². The van der Waals surface area contributed by atoms with E-state index in [2.05, 4.69) is 13.8 Å². The Labute approximate surface area is 416 Å². The molecule has 0 spiro atoms. The number of aliphatic hydroxyl groups is 4. The molecule has 0 saturated carbocycles. The average molecular weight is 1020 g/mol. The summed E-state index contributed by atoms with van der Waals surface area (Å²) < 4.78 is 0. The van der Waals surface area contributed by atoms with Crippen molar-refractivity contribution in [3.05, 3.63) is 0 Å². The Kier molecular flexibility index (Phi) is 62.5. The minimum atomic E-state index is -1.18. The van der Waals surface area contributed by atoms with Gasteiger partial charge in [-0.05, 0) is 85.0 Å². The fourth-order valence-corrected chi connectivity index (χ4v) is 5.56. The molecule has 24 nitrogen and oxygen atoms in total. The van der Waals surface area contributed by atoms with Crippen LogP contribution >= 0.6 is 0 Å². The molecule has 70 heavy (non-hydrogen) atoms. The fourth-order valence-electron chi connectivity index (χ4n) is 5.56. The summed E-state index contributed by atoms with van der Waals surface area (Å²) in [5, 5.41) is 84.1. The van der Waals surface area contributed by atoms with Crippen molar-refractivity contribution in [2.24, 2.45) is 40.1 Å². The monoisotopic (exact) mass is 1020 g/mol. The molecule has 0 aromatic rings. The summed E-state index contributed by atoms with van der Waals surface area (Å²) in [4.78, 5) is 63.1. The summed E-state index contributed by atoms with van der Waals surface area (Å²) in [6, 6.07) is -5.40. The Morgan fingerprint density at radius 2 is 0.743 bits per heavy atom. The Balaban J connectivity index is -0.000000196. The van der Waals surface area contributed by atoms with Crippen molar-refractivity contribution >= 4 is 35.8 Å². The minimum Gasteiger partial charge on any atom is -0.480 e. The molecule has 0 heterocycles. The number of nitrogens with zero attached hydrogens (tertiary/aromatic N) is 1. The summed E-state index contributed by atoms with van der Waals surface area (Å²) in [6.45, 7) is 9.29. The molecule has 0 aliphatic rings. The summed E-state index contributed by atoms with van der Waals surface area (Å²) in [5.41, 5.74) is 35.4. The maximum absolute atomic E-state index is 11.4. The molecular weight excluding hydrogens is 921 g/mol. The van der Waals surface area contributed by atoms with Crippen molar-refractivity contribution < 1.29 is 79.8 Å². The normalized spacial score (nSPS) is 13.9. The van der Waals surface area contributed by atoms with Gasteiger partial charge in [0.15, 0.2) is 0 Å². The highest BCUT2D eigenvalue weighted by Crippen LogP contribution is 2.14. The Hall–Kier alpha value is -3.66. The highest BCUT2D eigenvalue weighted by atomic mass is 16.4. The number of carboxylic acid groups (broad SMARTS) is 6. The third kappa shape index (κ3) is 58.7. The van der Waals surface area contributed by atoms with Crippen molar-refractivity contribution in [1.29, 1.82) is 0 Å². The van der Waals surface area contributed by atoms with Crippen molar-refractivity contribution in [3.63, 3.8) is 0 Å². The first-order valence-corrected chi connectivity index (χ1v) is 24.7. The largest absolute Gasteiger partial charge is 0.480 e. The third-order valence-electron chi connectivity index (χ3n) is 10.1. The van der Waals surface area contributed by atoms with Crippen LogP contribution in [0.5, 0.6) is 0 Å². The maximum atomic E-state index is 11.4. The number of carboxylic acids is 6. The van der Waals surface area contributed by atoms with Crippen LogP contribution in [0.2, 0.25) is 0 Å². The fraction of sp³-hybridized carbons (Fsp3) is 0.870. The lowest BCUT2D eigenvalue weighted by atomic mass is 10.0. The molecule has 0 rings (SSSR count). The second kappa shape index (κ2) is 56.3. The van der Waals surface area contributed by atoms with Crippen LogP contribution in [0, 0.1) is 0 Å². The number of unbranched alkanes of at least 4 members (excludes halogenated alkanes) is 15. The van der Waals surface area contributed by atoms with Gasteiger partial charge in [0.05, 0.1) is 18.8 Å². The maximum Gasteiger partial charge on any atom is 0.323 e. The third-order valence-corrected chi connectivity index (χ3v) is 10.1. The quantitative estimate of drug-likeness (QED) is 0.0386. The van der Waals surface area contributed by atoms with E-state index in [4.69, 9.17) is 86.1 Å². The van der Waals surface area contributed by atoms with Crippen molar-refractivity contribution in [3.8, 4) is 0 Å². The zero-order valence-corrected chi connectivity index (χ0v) is 42.8. The molecule has 0 aromatic heterocycles. The van der Waals surface area contributed by atoms with Crippen LogP contribution in [-0.4, -0.2) is 180 Å². The predicted octanol–water partition coefficient (Wildman–Crippen LogP) is 1.02. The van der Waals surface area contributed by atoms with Crippen molar-refractivity contribution in [2.75, 3.05) is 39.4 Å². The zero-order chi connectivity index (χ0) is 55.5. The molecule has 0 aliphatic carbocycles. The summed E-state index contributed by atoms with van der Waals surface area (Å²) >= 11 is 0. The van der Waals surface area contributed by atoms with Crippen LogP contribution in [-0.2, 0) is 28.8 Å². The molecule has 24 N–H and O–H groups in total. The molecule has 8 unspecified atom stereocenters. The van der Waals surface area contributed by atoms with Gasteiger partial charge < -0.3 is 91.2 Å². The molecule has 24 heteroatoms. The van der Waals surface area contributed by atoms with E-state index in [1.165, 1.54) is 97.3 Å². The van der Waals surface area contributed by atoms with Crippen molar-refractivity contribution in [2.45, 2.75) is 217 Å². The number of hydrogen-bond donors (Lipinski definition) is 17. The van der Waals surface area contributed by atoms with Crippen LogP contribution < -0.4 is 40.1 Å². The standard InChI is InChI=1S/C23H47NO3.2C6H14N2O2.2C4H9NO3.C3H7NO3/c1-3-5-6-7-8-9-10-11-12-13-14-15-16-17-20-24(19-4-2)22(18-21-25)23(26)27;2*7-4-2-1-3-5(8)6(9)10;2*1-2(6)3(5)4(7)8;4-2(1-5)3(6)7/h22,25H,3-21H2,1-2H3,(H,26,27);2*5H,1-4,7-8H2,(H,9,10);2*2-3,6H,5H2,1H3,(H,7,8);2,5H,1,4H2,(H,6,7). The Bertz CT molecular complexity index is 1190. The van der Waals surface area contributed by atoms with Gasteiger partial charge >= 0.3 is 35.8 Å². The molecule has 0 aliphatic heterocycles. The zero-order valence-electron chi connectivity index (χ0n) is 42.8. The average Bonchev–Trinajstić information content (AvgIpc) is 3.30. The smallest absolute Gasteiger partial charge is 0.323 e. The number of aliphatic hydroxyl groups excluding tert-OH is 4. The number of carbonyl (C=O) groups is 6.